The normalized spacial score (nSPS) is 12.1. The Labute approximate surface area is 128 Å². The number of ether oxygens (including phenoxy) is 1. The molecule has 1 rings (SSSR count). The predicted molar refractivity (Wildman–Crippen MR) is 65.8 cm³/mol. The summed E-state index contributed by atoms with van der Waals surface area (Å²) in [6.07, 6.45) is -9.51. The van der Waals surface area contributed by atoms with Gasteiger partial charge in [0.2, 0.25) is 0 Å². The van der Waals surface area contributed by atoms with Crippen LogP contribution in [0.4, 0.5) is 32.0 Å². The van der Waals surface area contributed by atoms with Crippen LogP contribution in [-0.4, -0.2) is 29.4 Å². The van der Waals surface area contributed by atoms with E-state index in [1.807, 2.05) is 0 Å². The van der Waals surface area contributed by atoms with E-state index < -0.39 is 46.9 Å². The quantitative estimate of drug-likeness (QED) is 0.262. The summed E-state index contributed by atoms with van der Waals surface area (Å²) in [6, 6.07) is 1.61. The number of esters is 1. The topological polar surface area (TPSA) is 69.4 Å². The van der Waals surface area contributed by atoms with E-state index in [0.29, 0.717) is 17.8 Å². The summed E-state index contributed by atoms with van der Waals surface area (Å²) in [5.41, 5.74) is -2.17. The number of hydrogen-bond donors (Lipinski definition) is 0. The molecule has 1 aromatic carbocycles. The number of benzene rings is 1. The van der Waals surface area contributed by atoms with Crippen molar-refractivity contribution >= 4 is 23.4 Å². The summed E-state index contributed by atoms with van der Waals surface area (Å²) in [7, 11) is 0. The van der Waals surface area contributed by atoms with Crippen molar-refractivity contribution in [2.75, 3.05) is 12.4 Å². The average molecular weight is 363 g/mol. The molecule has 0 aliphatic heterocycles. The van der Waals surface area contributed by atoms with Crippen LogP contribution in [0.25, 0.3) is 0 Å². The van der Waals surface area contributed by atoms with Gasteiger partial charge in [-0.25, -0.2) is 0 Å². The second kappa shape index (κ2) is 7.06. The first-order valence-electron chi connectivity index (χ1n) is 5.61. The van der Waals surface area contributed by atoms with Crippen molar-refractivity contribution < 1.29 is 40.8 Å². The van der Waals surface area contributed by atoms with Crippen LogP contribution in [0.15, 0.2) is 23.1 Å². The highest BCUT2D eigenvalue weighted by atomic mass is 32.2. The van der Waals surface area contributed by atoms with Crippen LogP contribution in [0.5, 0.6) is 0 Å². The first kappa shape index (κ1) is 19.1. The Morgan fingerprint density at radius 1 is 1.22 bits per heavy atom. The Morgan fingerprint density at radius 2 is 1.83 bits per heavy atom. The van der Waals surface area contributed by atoms with Crippen LogP contribution < -0.4 is 0 Å². The van der Waals surface area contributed by atoms with E-state index in [1.54, 1.807) is 0 Å². The van der Waals surface area contributed by atoms with Gasteiger partial charge in [-0.2, -0.15) is 26.3 Å². The second-order valence-electron chi connectivity index (χ2n) is 4.00. The highest BCUT2D eigenvalue weighted by molar-refractivity contribution is 8.00. The number of rotatable bonds is 5. The summed E-state index contributed by atoms with van der Waals surface area (Å²) in [5.74, 6) is -2.02. The lowest BCUT2D eigenvalue weighted by Crippen LogP contribution is -2.21. The highest BCUT2D eigenvalue weighted by Crippen LogP contribution is 2.36. The van der Waals surface area contributed by atoms with Gasteiger partial charge in [0.15, 0.2) is 6.61 Å². The van der Waals surface area contributed by atoms with E-state index in [-0.39, 0.29) is 11.0 Å². The Morgan fingerprint density at radius 3 is 2.30 bits per heavy atom. The van der Waals surface area contributed by atoms with Crippen molar-refractivity contribution in [2.24, 2.45) is 0 Å². The summed E-state index contributed by atoms with van der Waals surface area (Å²) in [6.45, 7) is -1.82. The number of halogens is 6. The fourth-order valence-corrected chi connectivity index (χ4v) is 2.10. The molecule has 5 nitrogen and oxygen atoms in total. The molecule has 0 saturated heterocycles. The van der Waals surface area contributed by atoms with E-state index in [2.05, 4.69) is 4.74 Å². The van der Waals surface area contributed by atoms with Gasteiger partial charge in [0.1, 0.15) is 0 Å². The standard InChI is InChI=1S/C11H7F6NO4S/c12-10(13,14)5-22-9(19)4-23-8-2-1-6(11(15,16)17)3-7(8)18(20)21/h1-3H,4-5H2. The van der Waals surface area contributed by atoms with Crippen molar-refractivity contribution in [3.8, 4) is 0 Å². The van der Waals surface area contributed by atoms with Crippen LogP contribution in [0.2, 0.25) is 0 Å². The SMILES string of the molecule is O=C(CSc1ccc(C(F)(F)F)cc1[N+](=O)[O-])OCC(F)(F)F. The molecule has 0 saturated carbocycles. The molecule has 0 amide bonds. The third kappa shape index (κ3) is 6.34. The average Bonchev–Trinajstić information content (AvgIpc) is 2.40. The van der Waals surface area contributed by atoms with Crippen LogP contribution >= 0.6 is 11.8 Å². The fourth-order valence-electron chi connectivity index (χ4n) is 1.30. The van der Waals surface area contributed by atoms with Gasteiger partial charge in [0, 0.05) is 6.07 Å². The van der Waals surface area contributed by atoms with Crippen molar-refractivity contribution in [1.82, 2.24) is 0 Å². The lowest BCUT2D eigenvalue weighted by molar-refractivity contribution is -0.388. The molecule has 0 bridgehead atoms. The summed E-state index contributed by atoms with van der Waals surface area (Å²) < 4.78 is 76.8. The van der Waals surface area contributed by atoms with Crippen LogP contribution in [0.3, 0.4) is 0 Å². The van der Waals surface area contributed by atoms with E-state index in [9.17, 15) is 41.3 Å². The molecule has 0 unspecified atom stereocenters. The zero-order chi connectivity index (χ0) is 17.8. The van der Waals surface area contributed by atoms with E-state index in [4.69, 9.17) is 0 Å². The largest absolute Gasteiger partial charge is 0.455 e. The molecular weight excluding hydrogens is 356 g/mol. The minimum absolute atomic E-state index is 0.281. The Bertz CT molecular complexity index is 601. The van der Waals surface area contributed by atoms with E-state index in [0.717, 1.165) is 6.07 Å². The Hall–Kier alpha value is -1.98. The van der Waals surface area contributed by atoms with Crippen molar-refractivity contribution in [3.63, 3.8) is 0 Å². The zero-order valence-electron chi connectivity index (χ0n) is 10.9. The monoisotopic (exact) mass is 363 g/mol. The van der Waals surface area contributed by atoms with Crippen LogP contribution in [0, 0.1) is 10.1 Å². The molecule has 0 aromatic heterocycles. The lowest BCUT2D eigenvalue weighted by Gasteiger charge is -2.09. The number of nitro groups is 1. The third-order valence-corrected chi connectivity index (χ3v) is 3.26. The third-order valence-electron chi connectivity index (χ3n) is 2.23. The molecule has 0 heterocycles. The lowest BCUT2D eigenvalue weighted by atomic mass is 10.2. The first-order chi connectivity index (χ1) is 10.4. The van der Waals surface area contributed by atoms with Gasteiger partial charge in [-0.1, -0.05) is 0 Å². The van der Waals surface area contributed by atoms with E-state index in [1.165, 1.54) is 0 Å². The molecule has 0 atom stereocenters. The van der Waals surface area contributed by atoms with Gasteiger partial charge >= 0.3 is 18.3 Å². The predicted octanol–water partition coefficient (Wildman–Crippen LogP) is 3.81. The Balaban J connectivity index is 2.81. The van der Waals surface area contributed by atoms with Gasteiger partial charge in [-0.05, 0) is 12.1 Å². The number of thioether (sulfide) groups is 1. The first-order valence-corrected chi connectivity index (χ1v) is 6.59. The number of alkyl halides is 6. The minimum atomic E-state index is -4.79. The van der Waals surface area contributed by atoms with Crippen molar-refractivity contribution in [3.05, 3.63) is 33.9 Å². The number of nitro benzene ring substituents is 1. The smallest absolute Gasteiger partial charge is 0.422 e. The molecule has 23 heavy (non-hydrogen) atoms. The van der Waals surface area contributed by atoms with Crippen LogP contribution in [0.1, 0.15) is 5.56 Å². The maximum atomic E-state index is 12.5. The minimum Gasteiger partial charge on any atom is -0.455 e. The number of nitrogens with zero attached hydrogens (tertiary/aromatic N) is 1. The summed E-state index contributed by atoms with van der Waals surface area (Å²) in [4.78, 5) is 20.5. The van der Waals surface area contributed by atoms with Gasteiger partial charge < -0.3 is 4.74 Å². The van der Waals surface area contributed by atoms with Crippen LogP contribution in [-0.2, 0) is 15.7 Å². The molecule has 1 aromatic rings. The number of hydrogen-bond acceptors (Lipinski definition) is 5. The molecule has 12 heteroatoms. The van der Waals surface area contributed by atoms with Crippen molar-refractivity contribution in [1.29, 1.82) is 0 Å². The van der Waals surface area contributed by atoms with Gasteiger partial charge in [-0.3, -0.25) is 14.9 Å². The highest BCUT2D eigenvalue weighted by Gasteiger charge is 2.33. The second-order valence-corrected chi connectivity index (χ2v) is 5.02. The number of carbonyl (C=O) groups excluding carboxylic acids is 1. The summed E-state index contributed by atoms with van der Waals surface area (Å²) >= 11 is 0.402. The molecule has 128 valence electrons. The molecule has 0 fully saturated rings. The summed E-state index contributed by atoms with van der Waals surface area (Å²) in [5, 5.41) is 10.8. The van der Waals surface area contributed by atoms with Crippen molar-refractivity contribution in [2.45, 2.75) is 17.2 Å². The molecule has 0 N–H and O–H groups in total. The molecule has 0 aliphatic rings. The number of carbonyl (C=O) groups is 1. The molecule has 0 radical (unpaired) electrons. The Kier molecular flexibility index (Phi) is 5.86. The maximum absolute atomic E-state index is 12.5. The van der Waals surface area contributed by atoms with E-state index >= 15 is 0 Å². The van der Waals surface area contributed by atoms with Gasteiger partial charge in [0.05, 0.1) is 21.1 Å². The zero-order valence-corrected chi connectivity index (χ0v) is 11.7. The van der Waals surface area contributed by atoms with Gasteiger partial charge in [-0.15, -0.1) is 11.8 Å². The molecular formula is C11H7F6NO4S. The molecule has 0 spiro atoms. The maximum Gasteiger partial charge on any atom is 0.422 e. The molecule has 0 aliphatic carbocycles. The fraction of sp³-hybridized carbons (Fsp3) is 0.364. The van der Waals surface area contributed by atoms with Gasteiger partial charge in [0.25, 0.3) is 5.69 Å².